The maximum Gasteiger partial charge on any atom is 0.244 e. The van der Waals surface area contributed by atoms with Gasteiger partial charge in [0.1, 0.15) is 12.6 Å². The van der Waals surface area contributed by atoms with Crippen molar-refractivity contribution in [1.82, 2.24) is 10.2 Å². The Hall–Kier alpha value is -2.87. The zero-order chi connectivity index (χ0) is 22.1. The second kappa shape index (κ2) is 10.8. The second-order valence-corrected chi connectivity index (χ2v) is 8.87. The number of likely N-dealkylation sites (N-methyl/N-ethyl adjacent to an activating group) is 1. The zero-order valence-corrected chi connectivity index (χ0v) is 18.4. The molecule has 0 unspecified atom stereocenters. The minimum absolute atomic E-state index is 0.274. The summed E-state index contributed by atoms with van der Waals surface area (Å²) in [4.78, 5) is 27.2. The second-order valence-electron chi connectivity index (χ2n) is 6.97. The Labute approximate surface area is 178 Å². The quantitative estimate of drug-likeness (QED) is 0.624. The molecule has 0 aliphatic carbocycles. The Morgan fingerprint density at radius 3 is 2.07 bits per heavy atom. The van der Waals surface area contributed by atoms with Gasteiger partial charge in [0.05, 0.1) is 11.9 Å². The molecular formula is C22H29N3O4S. The molecule has 2 aromatic carbocycles. The van der Waals surface area contributed by atoms with Gasteiger partial charge in [-0.2, -0.15) is 0 Å². The molecule has 7 nitrogen and oxygen atoms in total. The standard InChI is InChI=1S/C22H29N3O4S/c1-4-20(22(27)23-2)24(16-15-18-11-7-5-8-12-18)21(26)17-25(30(3,28)29)19-13-9-6-10-14-19/h5-14,20H,4,15-17H2,1-3H3,(H,23,27)/t20-/m1/s1. The summed E-state index contributed by atoms with van der Waals surface area (Å²) in [6.07, 6.45) is 2.05. The molecule has 0 aromatic heterocycles. The van der Waals surface area contributed by atoms with E-state index in [1.54, 1.807) is 30.3 Å². The average molecular weight is 432 g/mol. The van der Waals surface area contributed by atoms with Crippen molar-refractivity contribution in [3.63, 3.8) is 0 Å². The van der Waals surface area contributed by atoms with E-state index in [4.69, 9.17) is 0 Å². The molecule has 2 amide bonds. The molecule has 0 saturated carbocycles. The number of nitrogens with zero attached hydrogens (tertiary/aromatic N) is 2. The Bertz CT molecular complexity index is 933. The number of amides is 2. The van der Waals surface area contributed by atoms with Crippen LogP contribution in [-0.4, -0.2) is 57.6 Å². The largest absolute Gasteiger partial charge is 0.357 e. The molecule has 0 fully saturated rings. The van der Waals surface area contributed by atoms with Crippen LogP contribution < -0.4 is 9.62 Å². The Balaban J connectivity index is 2.30. The number of sulfonamides is 1. The number of hydrogen-bond acceptors (Lipinski definition) is 4. The first kappa shape index (κ1) is 23.4. The Kier molecular flexibility index (Phi) is 8.41. The first-order chi connectivity index (χ1) is 14.3. The summed E-state index contributed by atoms with van der Waals surface area (Å²) in [5.74, 6) is -0.694. The molecule has 2 aromatic rings. The minimum atomic E-state index is -3.69. The van der Waals surface area contributed by atoms with Crippen molar-refractivity contribution in [3.8, 4) is 0 Å². The van der Waals surface area contributed by atoms with Gasteiger partial charge in [0, 0.05) is 13.6 Å². The minimum Gasteiger partial charge on any atom is -0.357 e. The Morgan fingerprint density at radius 1 is 1.00 bits per heavy atom. The van der Waals surface area contributed by atoms with Crippen LogP contribution in [0.25, 0.3) is 0 Å². The molecule has 30 heavy (non-hydrogen) atoms. The SMILES string of the molecule is CC[C@H](C(=O)NC)N(CCc1ccccc1)C(=O)CN(c1ccccc1)S(C)(=O)=O. The number of para-hydroxylation sites is 1. The highest BCUT2D eigenvalue weighted by atomic mass is 32.2. The number of hydrogen-bond donors (Lipinski definition) is 1. The fourth-order valence-corrected chi connectivity index (χ4v) is 4.12. The summed E-state index contributed by atoms with van der Waals surface area (Å²) in [5, 5.41) is 2.60. The van der Waals surface area contributed by atoms with Gasteiger partial charge in [-0.3, -0.25) is 13.9 Å². The van der Waals surface area contributed by atoms with Crippen molar-refractivity contribution >= 4 is 27.5 Å². The predicted octanol–water partition coefficient (Wildman–Crippen LogP) is 2.05. The molecule has 0 heterocycles. The highest BCUT2D eigenvalue weighted by molar-refractivity contribution is 7.92. The molecule has 2 rings (SSSR count). The maximum atomic E-state index is 13.3. The summed E-state index contributed by atoms with van der Waals surface area (Å²) in [7, 11) is -2.16. The molecule has 8 heteroatoms. The van der Waals surface area contributed by atoms with Crippen molar-refractivity contribution in [2.24, 2.45) is 0 Å². The third kappa shape index (κ3) is 6.32. The van der Waals surface area contributed by atoms with Gasteiger partial charge in [-0.1, -0.05) is 55.5 Å². The number of carbonyl (C=O) groups excluding carboxylic acids is 2. The highest BCUT2D eigenvalue weighted by Gasteiger charge is 2.30. The average Bonchev–Trinajstić information content (AvgIpc) is 2.74. The van der Waals surface area contributed by atoms with Gasteiger partial charge in [-0.05, 0) is 30.5 Å². The third-order valence-corrected chi connectivity index (χ3v) is 5.98. The van der Waals surface area contributed by atoms with Crippen LogP contribution in [0, 0.1) is 0 Å². The van der Waals surface area contributed by atoms with Crippen molar-refractivity contribution in [2.75, 3.05) is 30.7 Å². The summed E-state index contributed by atoms with van der Waals surface area (Å²) in [5.41, 5.74) is 1.44. The predicted molar refractivity (Wildman–Crippen MR) is 119 cm³/mol. The van der Waals surface area contributed by atoms with Gasteiger partial charge in [0.25, 0.3) is 0 Å². The molecule has 0 saturated heterocycles. The van der Waals surface area contributed by atoms with E-state index in [2.05, 4.69) is 5.32 Å². The lowest BCUT2D eigenvalue weighted by Crippen LogP contribution is -2.52. The van der Waals surface area contributed by atoms with E-state index in [1.165, 1.54) is 11.9 Å². The number of benzene rings is 2. The van der Waals surface area contributed by atoms with Crippen LogP contribution >= 0.6 is 0 Å². The zero-order valence-electron chi connectivity index (χ0n) is 17.6. The van der Waals surface area contributed by atoms with Crippen LogP contribution in [0.4, 0.5) is 5.69 Å². The number of nitrogens with one attached hydrogen (secondary N) is 1. The van der Waals surface area contributed by atoms with Gasteiger partial charge in [0.2, 0.25) is 21.8 Å². The molecule has 162 valence electrons. The fourth-order valence-electron chi connectivity index (χ4n) is 3.27. The monoisotopic (exact) mass is 431 g/mol. The number of anilines is 1. The lowest BCUT2D eigenvalue weighted by atomic mass is 10.1. The van der Waals surface area contributed by atoms with Crippen LogP contribution in [0.5, 0.6) is 0 Å². The van der Waals surface area contributed by atoms with Crippen LogP contribution in [0.1, 0.15) is 18.9 Å². The molecule has 1 atom stereocenters. The van der Waals surface area contributed by atoms with Gasteiger partial charge in [-0.15, -0.1) is 0 Å². The van der Waals surface area contributed by atoms with Gasteiger partial charge in [0.15, 0.2) is 0 Å². The summed E-state index contributed by atoms with van der Waals surface area (Å²) in [6, 6.07) is 17.4. The van der Waals surface area contributed by atoms with Crippen LogP contribution in [0.3, 0.4) is 0 Å². The molecule has 0 aliphatic heterocycles. The van der Waals surface area contributed by atoms with Crippen molar-refractivity contribution < 1.29 is 18.0 Å². The lowest BCUT2D eigenvalue weighted by Gasteiger charge is -2.32. The topological polar surface area (TPSA) is 86.8 Å². The summed E-state index contributed by atoms with van der Waals surface area (Å²) < 4.78 is 25.8. The fraction of sp³-hybridized carbons (Fsp3) is 0.364. The van der Waals surface area contributed by atoms with Crippen LogP contribution in [-0.2, 0) is 26.0 Å². The van der Waals surface area contributed by atoms with Crippen LogP contribution in [0.2, 0.25) is 0 Å². The van der Waals surface area contributed by atoms with Gasteiger partial charge >= 0.3 is 0 Å². The van der Waals surface area contributed by atoms with E-state index >= 15 is 0 Å². The van der Waals surface area contributed by atoms with Gasteiger partial charge < -0.3 is 10.2 Å². The lowest BCUT2D eigenvalue weighted by molar-refractivity contribution is -0.139. The normalized spacial score (nSPS) is 12.1. The number of carbonyl (C=O) groups is 2. The van der Waals surface area contributed by atoms with Crippen molar-refractivity contribution in [2.45, 2.75) is 25.8 Å². The smallest absolute Gasteiger partial charge is 0.244 e. The van der Waals surface area contributed by atoms with E-state index < -0.39 is 22.0 Å². The van der Waals surface area contributed by atoms with E-state index in [9.17, 15) is 18.0 Å². The maximum absolute atomic E-state index is 13.3. The summed E-state index contributed by atoms with van der Waals surface area (Å²) in [6.45, 7) is 1.76. The summed E-state index contributed by atoms with van der Waals surface area (Å²) >= 11 is 0. The first-order valence-corrected chi connectivity index (χ1v) is 11.7. The molecule has 0 aliphatic rings. The Morgan fingerprint density at radius 2 is 1.57 bits per heavy atom. The number of rotatable bonds is 10. The molecule has 0 radical (unpaired) electrons. The van der Waals surface area contributed by atoms with E-state index in [0.717, 1.165) is 16.1 Å². The van der Waals surface area contributed by atoms with E-state index in [-0.39, 0.29) is 12.5 Å². The van der Waals surface area contributed by atoms with E-state index in [0.29, 0.717) is 25.1 Å². The molecule has 0 spiro atoms. The highest BCUT2D eigenvalue weighted by Crippen LogP contribution is 2.18. The van der Waals surface area contributed by atoms with E-state index in [1.807, 2.05) is 37.3 Å². The molecular weight excluding hydrogens is 402 g/mol. The van der Waals surface area contributed by atoms with Crippen molar-refractivity contribution in [1.29, 1.82) is 0 Å². The van der Waals surface area contributed by atoms with Crippen LogP contribution in [0.15, 0.2) is 60.7 Å². The van der Waals surface area contributed by atoms with Gasteiger partial charge in [-0.25, -0.2) is 8.42 Å². The molecule has 1 N–H and O–H groups in total. The first-order valence-electron chi connectivity index (χ1n) is 9.85. The third-order valence-electron chi connectivity index (χ3n) is 4.84. The molecule has 0 bridgehead atoms. The van der Waals surface area contributed by atoms with Crippen molar-refractivity contribution in [3.05, 3.63) is 66.2 Å².